The monoisotopic (exact) mass is 546 g/mol. The third kappa shape index (κ3) is 6.59. The number of phenols is 4. The van der Waals surface area contributed by atoms with Crippen LogP contribution in [-0.2, 0) is 34.5 Å². The summed E-state index contributed by atoms with van der Waals surface area (Å²) in [5.74, 6) is 0.408. The van der Waals surface area contributed by atoms with Gasteiger partial charge in [0.2, 0.25) is 0 Å². The second-order valence-corrected chi connectivity index (χ2v) is 15.5. The minimum Gasteiger partial charge on any atom is -0.507 e. The summed E-state index contributed by atoms with van der Waals surface area (Å²) < 4.78 is 0. The SMILES string of the molecule is CC(C)(C)c1cc(Cc2ccc(Cc3cc(C(C)(C)C)c(O)c(C(C)(C)C)c3)c(O)c2O)cc(C(C)(C)C)c1O. The van der Waals surface area contributed by atoms with Crippen LogP contribution in [-0.4, -0.2) is 20.4 Å². The van der Waals surface area contributed by atoms with Gasteiger partial charge in [0.15, 0.2) is 11.5 Å². The molecule has 0 unspecified atom stereocenters. The van der Waals surface area contributed by atoms with Crippen molar-refractivity contribution < 1.29 is 20.4 Å². The smallest absolute Gasteiger partial charge is 0.161 e. The van der Waals surface area contributed by atoms with Gasteiger partial charge in [-0.05, 0) is 55.0 Å². The lowest BCUT2D eigenvalue weighted by Crippen LogP contribution is -2.18. The quantitative estimate of drug-likeness (QED) is 0.246. The first-order valence-electron chi connectivity index (χ1n) is 14.3. The molecular weight excluding hydrogens is 496 g/mol. The maximum atomic E-state index is 11.1. The molecule has 0 atom stereocenters. The molecule has 40 heavy (non-hydrogen) atoms. The second kappa shape index (κ2) is 10.4. The third-order valence-electron chi connectivity index (χ3n) is 7.68. The molecule has 4 heteroatoms. The molecule has 0 radical (unpaired) electrons. The molecule has 0 fully saturated rings. The normalized spacial score (nSPS) is 13.1. The van der Waals surface area contributed by atoms with Crippen LogP contribution in [0.15, 0.2) is 36.4 Å². The van der Waals surface area contributed by atoms with Gasteiger partial charge in [0, 0.05) is 24.0 Å². The highest BCUT2D eigenvalue weighted by Crippen LogP contribution is 2.43. The zero-order valence-corrected chi connectivity index (χ0v) is 26.7. The number of benzene rings is 3. The Morgan fingerprint density at radius 1 is 0.400 bits per heavy atom. The van der Waals surface area contributed by atoms with E-state index in [1.54, 1.807) is 0 Å². The molecule has 0 spiro atoms. The van der Waals surface area contributed by atoms with E-state index in [0.717, 1.165) is 33.4 Å². The van der Waals surface area contributed by atoms with Crippen molar-refractivity contribution in [3.05, 3.63) is 80.9 Å². The van der Waals surface area contributed by atoms with E-state index >= 15 is 0 Å². The Kier molecular flexibility index (Phi) is 8.13. The van der Waals surface area contributed by atoms with Crippen molar-refractivity contribution in [1.82, 2.24) is 0 Å². The summed E-state index contributed by atoms with van der Waals surface area (Å²) >= 11 is 0. The molecule has 0 aliphatic carbocycles. The molecular formula is C36H50O4. The zero-order chi connectivity index (χ0) is 30.6. The Bertz CT molecular complexity index is 1220. The van der Waals surface area contributed by atoms with Gasteiger partial charge in [0.05, 0.1) is 0 Å². The highest BCUT2D eigenvalue weighted by atomic mass is 16.3. The lowest BCUT2D eigenvalue weighted by Gasteiger charge is -2.28. The van der Waals surface area contributed by atoms with Gasteiger partial charge in [-0.25, -0.2) is 0 Å². The number of hydrogen-bond acceptors (Lipinski definition) is 4. The molecule has 4 N–H and O–H groups in total. The molecule has 0 saturated heterocycles. The lowest BCUT2D eigenvalue weighted by molar-refractivity contribution is 0.396. The van der Waals surface area contributed by atoms with Gasteiger partial charge in [0.25, 0.3) is 0 Å². The predicted octanol–water partition coefficient (Wildman–Crippen LogP) is 8.88. The van der Waals surface area contributed by atoms with E-state index in [-0.39, 0.29) is 33.2 Å². The van der Waals surface area contributed by atoms with E-state index in [4.69, 9.17) is 0 Å². The maximum Gasteiger partial charge on any atom is 0.161 e. The molecule has 3 aromatic rings. The largest absolute Gasteiger partial charge is 0.507 e. The first-order chi connectivity index (χ1) is 18.0. The Morgan fingerprint density at radius 3 is 0.825 bits per heavy atom. The average molecular weight is 547 g/mol. The molecule has 218 valence electrons. The van der Waals surface area contributed by atoms with Crippen molar-refractivity contribution in [3.63, 3.8) is 0 Å². The van der Waals surface area contributed by atoms with Crippen molar-refractivity contribution >= 4 is 0 Å². The minimum atomic E-state index is -0.254. The fraction of sp³-hybridized carbons (Fsp3) is 0.500. The zero-order valence-electron chi connectivity index (χ0n) is 26.7. The van der Waals surface area contributed by atoms with Crippen molar-refractivity contribution in [2.75, 3.05) is 0 Å². The van der Waals surface area contributed by atoms with Crippen molar-refractivity contribution in [3.8, 4) is 23.0 Å². The van der Waals surface area contributed by atoms with E-state index in [2.05, 4.69) is 83.1 Å². The average Bonchev–Trinajstić information content (AvgIpc) is 2.77. The van der Waals surface area contributed by atoms with Gasteiger partial charge in [-0.3, -0.25) is 0 Å². The molecule has 0 bridgehead atoms. The minimum absolute atomic E-state index is 0.119. The number of rotatable bonds is 4. The van der Waals surface area contributed by atoms with E-state index in [1.807, 2.05) is 36.4 Å². The van der Waals surface area contributed by atoms with Crippen LogP contribution < -0.4 is 0 Å². The highest BCUT2D eigenvalue weighted by molar-refractivity contribution is 5.56. The van der Waals surface area contributed by atoms with Gasteiger partial charge in [-0.2, -0.15) is 0 Å². The van der Waals surface area contributed by atoms with Crippen LogP contribution in [0, 0.1) is 0 Å². The number of aromatic hydroxyl groups is 4. The Balaban J connectivity index is 2.05. The van der Waals surface area contributed by atoms with Gasteiger partial charge in [0.1, 0.15) is 11.5 Å². The van der Waals surface area contributed by atoms with Gasteiger partial charge < -0.3 is 20.4 Å². The summed E-state index contributed by atoms with van der Waals surface area (Å²) in [4.78, 5) is 0. The third-order valence-corrected chi connectivity index (χ3v) is 7.68. The van der Waals surface area contributed by atoms with Crippen LogP contribution >= 0.6 is 0 Å². The predicted molar refractivity (Wildman–Crippen MR) is 166 cm³/mol. The molecule has 0 aliphatic heterocycles. The molecule has 0 saturated carbocycles. The van der Waals surface area contributed by atoms with Crippen LogP contribution in [0.3, 0.4) is 0 Å². The molecule has 0 aromatic heterocycles. The maximum absolute atomic E-state index is 11.1. The summed E-state index contributed by atoms with van der Waals surface area (Å²) in [6.45, 7) is 25.0. The van der Waals surface area contributed by atoms with Crippen molar-refractivity contribution in [1.29, 1.82) is 0 Å². The highest BCUT2D eigenvalue weighted by Gasteiger charge is 2.28. The van der Waals surface area contributed by atoms with Crippen LogP contribution in [0.1, 0.15) is 128 Å². The van der Waals surface area contributed by atoms with Gasteiger partial charge in [-0.1, -0.05) is 119 Å². The summed E-state index contributed by atoms with van der Waals surface area (Å²) in [7, 11) is 0. The van der Waals surface area contributed by atoms with Gasteiger partial charge in [-0.15, -0.1) is 0 Å². The van der Waals surface area contributed by atoms with E-state index < -0.39 is 0 Å². The second-order valence-electron chi connectivity index (χ2n) is 15.5. The van der Waals surface area contributed by atoms with Crippen LogP contribution in [0.2, 0.25) is 0 Å². The molecule has 0 heterocycles. The van der Waals surface area contributed by atoms with Crippen molar-refractivity contribution in [2.24, 2.45) is 0 Å². The topological polar surface area (TPSA) is 80.9 Å². The fourth-order valence-corrected chi connectivity index (χ4v) is 5.27. The molecule has 3 rings (SSSR count). The van der Waals surface area contributed by atoms with E-state index in [0.29, 0.717) is 35.5 Å². The first kappa shape index (κ1) is 31.4. The van der Waals surface area contributed by atoms with Gasteiger partial charge >= 0.3 is 0 Å². The lowest BCUT2D eigenvalue weighted by atomic mass is 9.77. The van der Waals surface area contributed by atoms with Crippen molar-refractivity contribution in [2.45, 2.75) is 118 Å². The Hall–Kier alpha value is -3.14. The number of phenolic OH excluding ortho intramolecular Hbond substituents is 4. The Labute approximate surface area is 241 Å². The van der Waals surface area contributed by atoms with Crippen LogP contribution in [0.5, 0.6) is 23.0 Å². The van der Waals surface area contributed by atoms with Crippen LogP contribution in [0.4, 0.5) is 0 Å². The standard InChI is InChI=1S/C36H50O4/c1-33(2,3)25-17-21(18-26(31(25)39)34(4,5)6)15-23-13-14-24(30(38)29(23)37)16-22-19-27(35(7,8)9)32(40)28(20-22)36(10,11)12/h13-14,17-20,37-40H,15-16H2,1-12H3. The summed E-state index contributed by atoms with van der Waals surface area (Å²) in [6.07, 6.45) is 0.849. The summed E-state index contributed by atoms with van der Waals surface area (Å²) in [5, 5.41) is 44.4. The molecule has 4 nitrogen and oxygen atoms in total. The van der Waals surface area contributed by atoms with Crippen LogP contribution in [0.25, 0.3) is 0 Å². The summed E-state index contributed by atoms with van der Waals surface area (Å²) in [5.41, 5.74) is 5.65. The molecule has 3 aromatic carbocycles. The summed E-state index contributed by atoms with van der Waals surface area (Å²) in [6, 6.07) is 11.8. The molecule has 0 aliphatic rings. The first-order valence-corrected chi connectivity index (χ1v) is 14.3. The number of hydrogen-bond donors (Lipinski definition) is 4. The fourth-order valence-electron chi connectivity index (χ4n) is 5.27. The molecule has 0 amide bonds. The van der Waals surface area contributed by atoms with E-state index in [9.17, 15) is 20.4 Å². The van der Waals surface area contributed by atoms with E-state index in [1.165, 1.54) is 0 Å². The Morgan fingerprint density at radius 2 is 0.625 bits per heavy atom.